The predicted molar refractivity (Wildman–Crippen MR) is 265 cm³/mol. The van der Waals surface area contributed by atoms with Gasteiger partial charge in [0.05, 0.1) is 30.3 Å². The number of nitrogens with one attached hydrogen (secondary N) is 5. The summed E-state index contributed by atoms with van der Waals surface area (Å²) in [4.78, 5) is 77.8. The Labute approximate surface area is 405 Å². The van der Waals surface area contributed by atoms with Gasteiger partial charge in [-0.2, -0.15) is 0 Å². The van der Waals surface area contributed by atoms with E-state index in [4.69, 9.17) is 14.5 Å². The fourth-order valence-electron chi connectivity index (χ4n) is 10.3. The van der Waals surface area contributed by atoms with E-state index >= 15 is 0 Å². The quantitative estimate of drug-likeness (QED) is 0.0734. The zero-order chi connectivity index (χ0) is 48.7. The van der Waals surface area contributed by atoms with E-state index in [2.05, 4.69) is 50.8 Å². The molecule has 2 aromatic rings. The van der Waals surface area contributed by atoms with Crippen LogP contribution in [0.1, 0.15) is 146 Å². The van der Waals surface area contributed by atoms with Gasteiger partial charge in [-0.15, -0.1) is 0 Å². The number of rotatable bonds is 23. The van der Waals surface area contributed by atoms with E-state index in [1.165, 1.54) is 16.7 Å². The summed E-state index contributed by atoms with van der Waals surface area (Å²) in [5, 5.41) is 15.6. The van der Waals surface area contributed by atoms with Crippen molar-refractivity contribution in [3.63, 3.8) is 0 Å². The van der Waals surface area contributed by atoms with Crippen LogP contribution in [0.5, 0.6) is 0 Å². The van der Waals surface area contributed by atoms with E-state index in [9.17, 15) is 24.0 Å². The minimum Gasteiger partial charge on any atom is -0.376 e. The normalized spacial score (nSPS) is 23.1. The number of amides is 5. The summed E-state index contributed by atoms with van der Waals surface area (Å²) < 4.78 is 12.6. The maximum absolute atomic E-state index is 14.4. The molecule has 15 heteroatoms. The van der Waals surface area contributed by atoms with Gasteiger partial charge in [0, 0.05) is 38.1 Å². The molecule has 0 bridgehead atoms. The number of aliphatic imine (C=N–C) groups is 1. The summed E-state index contributed by atoms with van der Waals surface area (Å²) in [5.74, 6) is -1.08. The van der Waals surface area contributed by atoms with Gasteiger partial charge in [0.25, 0.3) is 5.91 Å². The second-order valence-electron chi connectivity index (χ2n) is 19.5. The Balaban J connectivity index is 0.982. The predicted octanol–water partition coefficient (Wildman–Crippen LogP) is 5.26. The first kappa shape index (κ1) is 52.7. The lowest BCUT2D eigenvalue weighted by Crippen LogP contribution is -2.59. The first-order valence-electron chi connectivity index (χ1n) is 25.6. The second-order valence-corrected chi connectivity index (χ2v) is 19.5. The van der Waals surface area contributed by atoms with Gasteiger partial charge in [-0.1, -0.05) is 61.4 Å². The lowest BCUT2D eigenvalue weighted by atomic mass is 9.87. The molecule has 4 aliphatic rings. The monoisotopic (exact) mass is 941 g/mol. The molecule has 0 aromatic heterocycles. The largest absolute Gasteiger partial charge is 0.376 e. The third-order valence-corrected chi connectivity index (χ3v) is 14.8. The first-order valence-corrected chi connectivity index (χ1v) is 25.6. The average molecular weight is 941 g/mol. The SMILES string of the molecule is CN[C@@H](C)C(=O)N[C@H](C(=O)N1CCC[C@H]1C(=O)N[C@@H]1CCCc2ccccc21)[C@@H](C)OCCCCCCO[C@H](C)[C@H](N=C(C)[C@H](C)NC)C(=O)N1CCC[C@H]1C(=O)N[C@@H]1CCCc2ccccc21. The van der Waals surface area contributed by atoms with E-state index < -0.39 is 42.4 Å². The smallest absolute Gasteiger partial charge is 0.250 e. The molecule has 5 N–H and O–H groups in total. The Hall–Kier alpha value is -4.70. The summed E-state index contributed by atoms with van der Waals surface area (Å²) in [6.45, 7) is 11.1. The third kappa shape index (κ3) is 13.5. The van der Waals surface area contributed by atoms with Crippen molar-refractivity contribution in [3.05, 3.63) is 70.8 Å². The lowest BCUT2D eigenvalue weighted by molar-refractivity contribution is -0.145. The van der Waals surface area contributed by atoms with Crippen molar-refractivity contribution in [2.45, 2.75) is 185 Å². The Morgan fingerprint density at radius 1 is 0.632 bits per heavy atom. The summed E-state index contributed by atoms with van der Waals surface area (Å²) in [6, 6.07) is 12.9. The van der Waals surface area contributed by atoms with E-state index in [0.717, 1.165) is 81.9 Å². The highest BCUT2D eigenvalue weighted by molar-refractivity contribution is 5.95. The Morgan fingerprint density at radius 2 is 1.12 bits per heavy atom. The first-order chi connectivity index (χ1) is 32.8. The molecule has 5 amide bonds. The topological polar surface area (TPSA) is 183 Å². The highest BCUT2D eigenvalue weighted by atomic mass is 16.5. The maximum atomic E-state index is 14.4. The van der Waals surface area contributed by atoms with Crippen LogP contribution in [0.3, 0.4) is 0 Å². The Kier molecular flexibility index (Phi) is 20.0. The highest BCUT2D eigenvalue weighted by Crippen LogP contribution is 2.32. The van der Waals surface area contributed by atoms with E-state index in [0.29, 0.717) is 45.6 Å². The van der Waals surface area contributed by atoms with Gasteiger partial charge in [-0.05, 0) is 148 Å². The number of fused-ring (bicyclic) bond motifs is 2. The molecule has 2 aliphatic heterocycles. The van der Waals surface area contributed by atoms with Gasteiger partial charge in [-0.25, -0.2) is 0 Å². The minimum absolute atomic E-state index is 0.0399. The van der Waals surface area contributed by atoms with Crippen LogP contribution >= 0.6 is 0 Å². The molecule has 6 rings (SSSR count). The number of benzene rings is 2. The Bertz CT molecular complexity index is 2050. The van der Waals surface area contributed by atoms with Crippen LogP contribution in [0.25, 0.3) is 0 Å². The van der Waals surface area contributed by atoms with Gasteiger partial charge in [0.15, 0.2) is 6.04 Å². The molecule has 2 aliphatic carbocycles. The molecule has 68 heavy (non-hydrogen) atoms. The molecule has 2 saturated heterocycles. The van der Waals surface area contributed by atoms with Crippen LogP contribution in [0.4, 0.5) is 0 Å². The van der Waals surface area contributed by atoms with Crippen molar-refractivity contribution in [1.29, 1.82) is 0 Å². The molecule has 10 atom stereocenters. The number of ether oxygens (including phenoxy) is 2. The van der Waals surface area contributed by atoms with Gasteiger partial charge >= 0.3 is 0 Å². The van der Waals surface area contributed by atoms with Crippen molar-refractivity contribution >= 4 is 35.2 Å². The molecule has 374 valence electrons. The maximum Gasteiger partial charge on any atom is 0.250 e. The minimum atomic E-state index is -0.963. The highest BCUT2D eigenvalue weighted by Gasteiger charge is 2.42. The standard InChI is InChI=1S/C53H80N8O7/c1-34(54-6)35(2)56-47(52(65)60-30-18-28-45(60)50(63)57-43-26-16-22-39-20-10-12-24-41(39)43)37(4)67-32-14-8-9-15-33-68-38(5)48(59-49(62)36(3)55-7)53(66)61-31-19-29-46(61)51(64)58-44-27-17-23-40-21-11-13-25-42(40)44/h10-13,20-21,24-25,34,36-38,43-48,54-55H,8-9,14-19,22-23,26-33H2,1-7H3,(H,57,63)(H,58,64)(H,59,62)/t34-,36-,37+,38+,43+,44+,45-,46-,47-,48-/m0/s1. The number of carbonyl (C=O) groups is 5. The molecule has 2 aromatic carbocycles. The number of likely N-dealkylation sites (tertiary alicyclic amines) is 2. The molecule has 2 fully saturated rings. The molecule has 0 radical (unpaired) electrons. The van der Waals surface area contributed by atoms with Crippen molar-refractivity contribution in [2.24, 2.45) is 4.99 Å². The van der Waals surface area contributed by atoms with Crippen molar-refractivity contribution in [1.82, 2.24) is 36.4 Å². The van der Waals surface area contributed by atoms with Crippen molar-refractivity contribution < 1.29 is 33.4 Å². The average Bonchev–Trinajstić information content (AvgIpc) is 4.06. The number of likely N-dealkylation sites (N-methyl/N-ethyl adjacent to an activating group) is 1. The number of carbonyl (C=O) groups excluding carboxylic acids is 5. The van der Waals surface area contributed by atoms with Crippen LogP contribution < -0.4 is 26.6 Å². The van der Waals surface area contributed by atoms with Gasteiger partial charge < -0.3 is 45.9 Å². The zero-order valence-electron chi connectivity index (χ0n) is 41.8. The molecular formula is C53H80N8O7. The lowest BCUT2D eigenvalue weighted by Gasteiger charge is -2.33. The van der Waals surface area contributed by atoms with Crippen LogP contribution in [0.15, 0.2) is 53.5 Å². The molecule has 15 nitrogen and oxygen atoms in total. The summed E-state index contributed by atoms with van der Waals surface area (Å²) in [7, 11) is 3.56. The summed E-state index contributed by atoms with van der Waals surface area (Å²) in [6.07, 6.45) is 10.4. The van der Waals surface area contributed by atoms with Gasteiger partial charge in [0.2, 0.25) is 23.6 Å². The number of hydrogen-bond acceptors (Lipinski definition) is 10. The van der Waals surface area contributed by atoms with Gasteiger partial charge in [0.1, 0.15) is 18.1 Å². The van der Waals surface area contributed by atoms with E-state index in [-0.39, 0.29) is 47.7 Å². The molecule has 2 heterocycles. The number of aryl methyl sites for hydroxylation is 2. The second kappa shape index (κ2) is 25.8. The number of hydrogen-bond donors (Lipinski definition) is 5. The molecule has 0 spiro atoms. The fourth-order valence-corrected chi connectivity index (χ4v) is 10.3. The fraction of sp³-hybridized carbons (Fsp3) is 0.660. The summed E-state index contributed by atoms with van der Waals surface area (Å²) >= 11 is 0. The zero-order valence-corrected chi connectivity index (χ0v) is 41.8. The number of nitrogens with zero attached hydrogens (tertiary/aromatic N) is 3. The van der Waals surface area contributed by atoms with Crippen LogP contribution in [-0.4, -0.2) is 134 Å². The molecule has 0 unspecified atom stereocenters. The third-order valence-electron chi connectivity index (χ3n) is 14.8. The van der Waals surface area contributed by atoms with Crippen molar-refractivity contribution in [3.8, 4) is 0 Å². The number of unbranched alkanes of at least 4 members (excludes halogenated alkanes) is 3. The van der Waals surface area contributed by atoms with Crippen LogP contribution in [-0.2, 0) is 46.3 Å². The van der Waals surface area contributed by atoms with E-state index in [1.54, 1.807) is 30.7 Å². The Morgan fingerprint density at radius 3 is 1.63 bits per heavy atom. The van der Waals surface area contributed by atoms with Crippen LogP contribution in [0, 0.1) is 0 Å². The van der Waals surface area contributed by atoms with Crippen LogP contribution in [0.2, 0.25) is 0 Å². The van der Waals surface area contributed by atoms with Gasteiger partial charge in [-0.3, -0.25) is 29.0 Å². The van der Waals surface area contributed by atoms with E-state index in [1.807, 2.05) is 52.1 Å². The molecule has 0 saturated carbocycles. The van der Waals surface area contributed by atoms with Crippen molar-refractivity contribution in [2.75, 3.05) is 40.4 Å². The molecular weight excluding hydrogens is 861 g/mol. The summed E-state index contributed by atoms with van der Waals surface area (Å²) in [5.41, 5.74) is 5.63.